The van der Waals surface area contributed by atoms with Crippen LogP contribution in [0.15, 0.2) is 29.2 Å². The maximum atomic E-state index is 12.8. The van der Waals surface area contributed by atoms with Gasteiger partial charge in [-0.25, -0.2) is 8.42 Å². The van der Waals surface area contributed by atoms with Crippen LogP contribution in [0.2, 0.25) is 0 Å². The van der Waals surface area contributed by atoms with Gasteiger partial charge in [-0.2, -0.15) is 4.31 Å². The minimum Gasteiger partial charge on any atom is -0.385 e. The van der Waals surface area contributed by atoms with Gasteiger partial charge in [0.15, 0.2) is 0 Å². The fourth-order valence-corrected chi connectivity index (χ4v) is 4.62. The summed E-state index contributed by atoms with van der Waals surface area (Å²) in [6, 6.07) is 7.30. The maximum Gasteiger partial charge on any atom is 0.243 e. The minimum atomic E-state index is -3.36. The number of piperidine rings is 1. The third-order valence-corrected chi connectivity index (χ3v) is 6.05. The third kappa shape index (κ3) is 3.77. The SMILES string of the molecule is CCCNc1ccc(S(=O)(=O)N2CCCCC2CC)cc1. The van der Waals surface area contributed by atoms with E-state index in [-0.39, 0.29) is 6.04 Å². The number of rotatable bonds is 6. The normalized spacial score (nSPS) is 20.4. The lowest BCUT2D eigenvalue weighted by Crippen LogP contribution is -2.43. The van der Waals surface area contributed by atoms with E-state index in [4.69, 9.17) is 0 Å². The molecular weight excluding hydrogens is 284 g/mol. The van der Waals surface area contributed by atoms with E-state index in [1.807, 2.05) is 12.1 Å². The third-order valence-electron chi connectivity index (χ3n) is 4.08. The average molecular weight is 310 g/mol. The summed E-state index contributed by atoms with van der Waals surface area (Å²) in [7, 11) is -3.36. The van der Waals surface area contributed by atoms with Gasteiger partial charge in [-0.05, 0) is 49.9 Å². The lowest BCUT2D eigenvalue weighted by molar-refractivity contribution is 0.246. The van der Waals surface area contributed by atoms with Crippen molar-refractivity contribution in [1.82, 2.24) is 4.31 Å². The largest absolute Gasteiger partial charge is 0.385 e. The molecule has 1 aliphatic heterocycles. The van der Waals surface area contributed by atoms with Crippen molar-refractivity contribution in [3.05, 3.63) is 24.3 Å². The molecule has 4 nitrogen and oxygen atoms in total. The van der Waals surface area contributed by atoms with E-state index in [1.54, 1.807) is 16.4 Å². The van der Waals surface area contributed by atoms with Gasteiger partial charge < -0.3 is 5.32 Å². The Morgan fingerprint density at radius 1 is 1.19 bits per heavy atom. The van der Waals surface area contributed by atoms with Gasteiger partial charge in [0.1, 0.15) is 0 Å². The Kier molecular flexibility index (Phi) is 5.65. The molecule has 1 saturated heterocycles. The summed E-state index contributed by atoms with van der Waals surface area (Å²) < 4.78 is 27.3. The van der Waals surface area contributed by atoms with Crippen molar-refractivity contribution in [2.24, 2.45) is 0 Å². The molecule has 1 aromatic carbocycles. The quantitative estimate of drug-likeness (QED) is 0.875. The van der Waals surface area contributed by atoms with Crippen LogP contribution in [-0.4, -0.2) is 31.9 Å². The van der Waals surface area contributed by atoms with Crippen LogP contribution in [0, 0.1) is 0 Å². The molecule has 0 radical (unpaired) electrons. The number of hydrogen-bond donors (Lipinski definition) is 1. The van der Waals surface area contributed by atoms with E-state index in [0.717, 1.165) is 44.3 Å². The molecule has 5 heteroatoms. The summed E-state index contributed by atoms with van der Waals surface area (Å²) in [6.45, 7) is 5.72. The molecule has 0 bridgehead atoms. The predicted octanol–water partition coefficient (Wildman–Crippen LogP) is 3.46. The molecule has 1 aliphatic rings. The first kappa shape index (κ1) is 16.3. The Hall–Kier alpha value is -1.07. The number of hydrogen-bond acceptors (Lipinski definition) is 3. The van der Waals surface area contributed by atoms with Crippen molar-refractivity contribution in [2.75, 3.05) is 18.4 Å². The first-order valence-corrected chi connectivity index (χ1v) is 9.39. The molecular formula is C16H26N2O2S. The van der Waals surface area contributed by atoms with E-state index in [1.165, 1.54) is 0 Å². The highest BCUT2D eigenvalue weighted by atomic mass is 32.2. The molecule has 0 aliphatic carbocycles. The van der Waals surface area contributed by atoms with Crippen LogP contribution in [0.3, 0.4) is 0 Å². The molecule has 1 unspecified atom stereocenters. The van der Waals surface area contributed by atoms with Crippen molar-refractivity contribution >= 4 is 15.7 Å². The standard InChI is InChI=1S/C16H26N2O2S/c1-3-12-17-14-8-10-16(11-9-14)21(19,20)18-13-6-5-7-15(18)4-2/h8-11,15,17H,3-7,12-13H2,1-2H3. The molecule has 1 N–H and O–H groups in total. The molecule has 1 fully saturated rings. The predicted molar refractivity (Wildman–Crippen MR) is 87.0 cm³/mol. The number of anilines is 1. The smallest absolute Gasteiger partial charge is 0.243 e. The van der Waals surface area contributed by atoms with Gasteiger partial charge in [-0.3, -0.25) is 0 Å². The van der Waals surface area contributed by atoms with Gasteiger partial charge in [0.05, 0.1) is 4.90 Å². The first-order chi connectivity index (χ1) is 10.1. The van der Waals surface area contributed by atoms with Gasteiger partial charge in [0.25, 0.3) is 0 Å². The summed E-state index contributed by atoms with van der Waals surface area (Å²) in [5.41, 5.74) is 0.974. The number of nitrogens with zero attached hydrogens (tertiary/aromatic N) is 1. The lowest BCUT2D eigenvalue weighted by atomic mass is 10.0. The van der Waals surface area contributed by atoms with Gasteiger partial charge in [0, 0.05) is 24.8 Å². The fraction of sp³-hybridized carbons (Fsp3) is 0.625. The molecule has 0 aromatic heterocycles. The Morgan fingerprint density at radius 3 is 2.52 bits per heavy atom. The summed E-state index contributed by atoms with van der Waals surface area (Å²) >= 11 is 0. The van der Waals surface area contributed by atoms with Crippen LogP contribution in [0.4, 0.5) is 5.69 Å². The summed E-state index contributed by atoms with van der Waals surface area (Å²) in [5, 5.41) is 3.26. The summed E-state index contributed by atoms with van der Waals surface area (Å²) in [6.07, 6.45) is 5.00. The molecule has 1 aromatic rings. The minimum absolute atomic E-state index is 0.154. The number of sulfonamides is 1. The van der Waals surface area contributed by atoms with E-state index >= 15 is 0 Å². The Bertz CT molecular complexity index is 540. The fourth-order valence-electron chi connectivity index (χ4n) is 2.85. The van der Waals surface area contributed by atoms with Crippen molar-refractivity contribution in [3.8, 4) is 0 Å². The zero-order valence-electron chi connectivity index (χ0n) is 13.0. The van der Waals surface area contributed by atoms with E-state index in [9.17, 15) is 8.42 Å². The second kappa shape index (κ2) is 7.27. The monoisotopic (exact) mass is 310 g/mol. The van der Waals surface area contributed by atoms with E-state index in [2.05, 4.69) is 19.2 Å². The van der Waals surface area contributed by atoms with Crippen molar-refractivity contribution in [2.45, 2.75) is 56.9 Å². The van der Waals surface area contributed by atoms with Crippen LogP contribution in [0.25, 0.3) is 0 Å². The molecule has 1 heterocycles. The van der Waals surface area contributed by atoms with Crippen LogP contribution >= 0.6 is 0 Å². The second-order valence-electron chi connectivity index (χ2n) is 5.62. The van der Waals surface area contributed by atoms with Gasteiger partial charge >= 0.3 is 0 Å². The lowest BCUT2D eigenvalue weighted by Gasteiger charge is -2.34. The Balaban J connectivity index is 2.18. The molecule has 1 atom stereocenters. The maximum absolute atomic E-state index is 12.8. The van der Waals surface area contributed by atoms with Crippen molar-refractivity contribution < 1.29 is 8.42 Å². The Labute approximate surface area is 128 Å². The molecule has 118 valence electrons. The first-order valence-electron chi connectivity index (χ1n) is 7.95. The van der Waals surface area contributed by atoms with Crippen LogP contribution in [-0.2, 0) is 10.0 Å². The number of nitrogens with one attached hydrogen (secondary N) is 1. The molecule has 21 heavy (non-hydrogen) atoms. The van der Waals surface area contributed by atoms with Gasteiger partial charge in [0.2, 0.25) is 10.0 Å². The molecule has 2 rings (SSSR count). The number of benzene rings is 1. The van der Waals surface area contributed by atoms with Crippen LogP contribution < -0.4 is 5.32 Å². The zero-order chi connectivity index (χ0) is 15.3. The molecule has 0 saturated carbocycles. The van der Waals surface area contributed by atoms with E-state index in [0.29, 0.717) is 11.4 Å². The topological polar surface area (TPSA) is 49.4 Å². The van der Waals surface area contributed by atoms with Crippen molar-refractivity contribution in [3.63, 3.8) is 0 Å². The van der Waals surface area contributed by atoms with E-state index < -0.39 is 10.0 Å². The molecule has 0 amide bonds. The van der Waals surface area contributed by atoms with Gasteiger partial charge in [-0.1, -0.05) is 20.3 Å². The summed E-state index contributed by atoms with van der Waals surface area (Å²) in [4.78, 5) is 0.407. The zero-order valence-corrected chi connectivity index (χ0v) is 13.8. The highest BCUT2D eigenvalue weighted by molar-refractivity contribution is 7.89. The second-order valence-corrected chi connectivity index (χ2v) is 7.52. The highest BCUT2D eigenvalue weighted by Crippen LogP contribution is 2.27. The average Bonchev–Trinajstić information content (AvgIpc) is 2.53. The highest BCUT2D eigenvalue weighted by Gasteiger charge is 2.32. The van der Waals surface area contributed by atoms with Crippen LogP contribution in [0.1, 0.15) is 46.0 Å². The molecule has 0 spiro atoms. The van der Waals surface area contributed by atoms with Gasteiger partial charge in [-0.15, -0.1) is 0 Å². The summed E-state index contributed by atoms with van der Waals surface area (Å²) in [5.74, 6) is 0. The Morgan fingerprint density at radius 2 is 1.90 bits per heavy atom. The van der Waals surface area contributed by atoms with Crippen molar-refractivity contribution in [1.29, 1.82) is 0 Å². The van der Waals surface area contributed by atoms with Crippen LogP contribution in [0.5, 0.6) is 0 Å².